The molecule has 1 atom stereocenters. The van der Waals surface area contributed by atoms with Crippen LogP contribution in [0, 0.1) is 11.7 Å². The third-order valence-corrected chi connectivity index (χ3v) is 5.74. The topological polar surface area (TPSA) is 50.2 Å². The molecule has 2 aromatic rings. The number of aryl methyl sites for hydroxylation is 1. The van der Waals surface area contributed by atoms with E-state index < -0.39 is 0 Å². The van der Waals surface area contributed by atoms with E-state index in [0.29, 0.717) is 6.54 Å². The van der Waals surface area contributed by atoms with Crippen molar-refractivity contribution in [3.05, 3.63) is 42.1 Å². The fraction of sp³-hybridized carbons (Fsp3) is 0.524. The number of benzene rings is 1. The fourth-order valence-electron chi connectivity index (χ4n) is 4.16. The molecule has 1 fully saturated rings. The van der Waals surface area contributed by atoms with E-state index in [1.807, 2.05) is 6.20 Å². The summed E-state index contributed by atoms with van der Waals surface area (Å²) in [6.45, 7) is 4.60. The van der Waals surface area contributed by atoms with Gasteiger partial charge in [-0.1, -0.05) is 6.42 Å². The van der Waals surface area contributed by atoms with Gasteiger partial charge in [0.05, 0.1) is 17.8 Å². The summed E-state index contributed by atoms with van der Waals surface area (Å²) in [7, 11) is 0. The van der Waals surface area contributed by atoms with Gasteiger partial charge in [-0.15, -0.1) is 0 Å². The van der Waals surface area contributed by atoms with E-state index in [9.17, 15) is 9.18 Å². The molecule has 1 aromatic carbocycles. The second kappa shape index (κ2) is 8.21. The molecule has 1 N–H and O–H groups in total. The number of nitrogens with one attached hydrogen (secondary N) is 1. The number of rotatable bonds is 5. The predicted molar refractivity (Wildman–Crippen MR) is 103 cm³/mol. The highest BCUT2D eigenvalue weighted by Gasteiger charge is 2.27. The van der Waals surface area contributed by atoms with Gasteiger partial charge in [0.25, 0.3) is 0 Å². The van der Waals surface area contributed by atoms with Gasteiger partial charge < -0.3 is 14.8 Å². The number of halogens is 1. The van der Waals surface area contributed by atoms with Gasteiger partial charge in [-0.3, -0.25) is 4.79 Å². The Morgan fingerprint density at radius 3 is 2.74 bits per heavy atom. The minimum absolute atomic E-state index is 0.0349. The number of piperidine rings is 1. The van der Waals surface area contributed by atoms with Gasteiger partial charge in [-0.05, 0) is 62.2 Å². The Hall–Kier alpha value is -2.21. The first-order valence-corrected chi connectivity index (χ1v) is 10.0. The van der Waals surface area contributed by atoms with Crippen molar-refractivity contribution in [1.29, 1.82) is 0 Å². The number of hydrogen-bond donors (Lipinski definition) is 1. The van der Waals surface area contributed by atoms with Crippen LogP contribution >= 0.6 is 0 Å². The van der Waals surface area contributed by atoms with Gasteiger partial charge in [0.1, 0.15) is 11.6 Å². The molecule has 1 aromatic heterocycles. The van der Waals surface area contributed by atoms with Crippen molar-refractivity contribution < 1.29 is 9.18 Å². The van der Waals surface area contributed by atoms with Crippen LogP contribution in [0.25, 0.3) is 11.3 Å². The molecule has 3 heterocycles. The summed E-state index contributed by atoms with van der Waals surface area (Å²) in [6, 6.07) is 6.45. The van der Waals surface area contributed by atoms with Crippen molar-refractivity contribution in [2.24, 2.45) is 5.92 Å². The number of carbonyl (C=O) groups is 1. The molecule has 2 aliphatic heterocycles. The van der Waals surface area contributed by atoms with Gasteiger partial charge in [-0.2, -0.15) is 0 Å². The number of aromatic nitrogens is 2. The average molecular weight is 370 g/mol. The van der Waals surface area contributed by atoms with Gasteiger partial charge in [-0.25, -0.2) is 9.37 Å². The minimum atomic E-state index is -0.247. The SMILES string of the molecule is O=C(NCCN1CCCCC1)[C@H]1CCc2ncc(-c3ccc(F)cc3)n2C1. The normalized spacial score (nSPS) is 20.3. The van der Waals surface area contributed by atoms with Crippen molar-refractivity contribution in [3.63, 3.8) is 0 Å². The highest BCUT2D eigenvalue weighted by Crippen LogP contribution is 2.27. The Bertz CT molecular complexity index is 780. The van der Waals surface area contributed by atoms with E-state index in [1.165, 1.54) is 31.4 Å². The predicted octanol–water partition coefficient (Wildman–Crippen LogP) is 2.85. The first-order valence-electron chi connectivity index (χ1n) is 10.0. The Labute approximate surface area is 159 Å². The van der Waals surface area contributed by atoms with Crippen molar-refractivity contribution in [2.75, 3.05) is 26.2 Å². The van der Waals surface area contributed by atoms with Crippen LogP contribution < -0.4 is 5.32 Å². The molecule has 1 amide bonds. The molecule has 144 valence electrons. The maximum atomic E-state index is 13.2. The molecule has 5 nitrogen and oxygen atoms in total. The highest BCUT2D eigenvalue weighted by molar-refractivity contribution is 5.79. The third kappa shape index (κ3) is 4.21. The van der Waals surface area contributed by atoms with Gasteiger partial charge in [0.15, 0.2) is 0 Å². The van der Waals surface area contributed by atoms with Gasteiger partial charge in [0.2, 0.25) is 5.91 Å². The van der Waals surface area contributed by atoms with E-state index in [0.717, 1.165) is 56.1 Å². The molecule has 0 unspecified atom stereocenters. The summed E-state index contributed by atoms with van der Waals surface area (Å²) in [5.74, 6) is 0.860. The van der Waals surface area contributed by atoms with E-state index in [4.69, 9.17) is 0 Å². The molecule has 1 saturated heterocycles. The lowest BCUT2D eigenvalue weighted by molar-refractivity contribution is -0.126. The zero-order valence-corrected chi connectivity index (χ0v) is 15.7. The Balaban J connectivity index is 1.36. The number of fused-ring (bicyclic) bond motifs is 1. The maximum Gasteiger partial charge on any atom is 0.224 e. The van der Waals surface area contributed by atoms with Crippen LogP contribution in [0.15, 0.2) is 30.5 Å². The fourth-order valence-corrected chi connectivity index (χ4v) is 4.16. The molecule has 0 spiro atoms. The molecule has 0 aliphatic carbocycles. The highest BCUT2D eigenvalue weighted by atomic mass is 19.1. The molecule has 6 heteroatoms. The summed E-state index contributed by atoms with van der Waals surface area (Å²) in [4.78, 5) is 19.6. The lowest BCUT2D eigenvalue weighted by atomic mass is 9.98. The van der Waals surface area contributed by atoms with Crippen LogP contribution in [0.5, 0.6) is 0 Å². The second-order valence-corrected chi connectivity index (χ2v) is 7.61. The average Bonchev–Trinajstić information content (AvgIpc) is 3.12. The Morgan fingerprint density at radius 2 is 1.96 bits per heavy atom. The number of likely N-dealkylation sites (tertiary alicyclic amines) is 1. The third-order valence-electron chi connectivity index (χ3n) is 5.74. The Morgan fingerprint density at radius 1 is 1.19 bits per heavy atom. The van der Waals surface area contributed by atoms with Crippen LogP contribution in [0.4, 0.5) is 4.39 Å². The van der Waals surface area contributed by atoms with Gasteiger partial charge in [0, 0.05) is 26.1 Å². The largest absolute Gasteiger partial charge is 0.355 e. The van der Waals surface area contributed by atoms with Crippen LogP contribution in [0.1, 0.15) is 31.5 Å². The standard InChI is InChI=1S/C21H27FN4O/c22-18-7-4-16(5-8-18)19-14-24-20-9-6-17(15-26(19)20)21(27)23-10-13-25-11-2-1-3-12-25/h4-5,7-8,14,17H,1-3,6,9-13,15H2,(H,23,27)/t17-/m0/s1. The quantitative estimate of drug-likeness (QED) is 0.881. The van der Waals surface area contributed by atoms with Crippen molar-refractivity contribution in [2.45, 2.75) is 38.6 Å². The van der Waals surface area contributed by atoms with Crippen LogP contribution in [-0.4, -0.2) is 46.5 Å². The molecule has 0 radical (unpaired) electrons. The molecule has 0 saturated carbocycles. The van der Waals surface area contributed by atoms with Crippen molar-refractivity contribution in [3.8, 4) is 11.3 Å². The second-order valence-electron chi connectivity index (χ2n) is 7.61. The number of imidazole rings is 1. The van der Waals surface area contributed by atoms with E-state index in [-0.39, 0.29) is 17.6 Å². The molecule has 0 bridgehead atoms. The van der Waals surface area contributed by atoms with Crippen LogP contribution in [0.2, 0.25) is 0 Å². The summed E-state index contributed by atoms with van der Waals surface area (Å²) in [5, 5.41) is 3.13. The molecular weight excluding hydrogens is 343 g/mol. The minimum Gasteiger partial charge on any atom is -0.355 e. The molecule has 2 aliphatic rings. The summed E-state index contributed by atoms with van der Waals surface area (Å²) < 4.78 is 15.3. The first-order chi connectivity index (χ1) is 13.2. The van der Waals surface area contributed by atoms with Crippen molar-refractivity contribution >= 4 is 5.91 Å². The monoisotopic (exact) mass is 370 g/mol. The number of nitrogens with zero attached hydrogens (tertiary/aromatic N) is 3. The maximum absolute atomic E-state index is 13.2. The number of hydrogen-bond acceptors (Lipinski definition) is 3. The van der Waals surface area contributed by atoms with Crippen LogP contribution in [-0.2, 0) is 17.8 Å². The summed E-state index contributed by atoms with van der Waals surface area (Å²) in [5.41, 5.74) is 1.89. The zero-order chi connectivity index (χ0) is 18.6. The lowest BCUT2D eigenvalue weighted by Crippen LogP contribution is -2.41. The van der Waals surface area contributed by atoms with E-state index in [2.05, 4.69) is 19.8 Å². The molecular formula is C21H27FN4O. The Kier molecular flexibility index (Phi) is 5.53. The van der Waals surface area contributed by atoms with Gasteiger partial charge >= 0.3 is 0 Å². The zero-order valence-electron chi connectivity index (χ0n) is 15.7. The number of carbonyl (C=O) groups excluding carboxylic acids is 1. The van der Waals surface area contributed by atoms with Crippen molar-refractivity contribution in [1.82, 2.24) is 19.8 Å². The van der Waals surface area contributed by atoms with E-state index >= 15 is 0 Å². The smallest absolute Gasteiger partial charge is 0.224 e. The molecule has 4 rings (SSSR count). The molecule has 27 heavy (non-hydrogen) atoms. The summed E-state index contributed by atoms with van der Waals surface area (Å²) >= 11 is 0. The first kappa shape index (κ1) is 18.2. The summed E-state index contributed by atoms with van der Waals surface area (Å²) in [6.07, 6.45) is 7.33. The van der Waals surface area contributed by atoms with E-state index in [1.54, 1.807) is 12.1 Å². The number of amides is 1. The lowest BCUT2D eigenvalue weighted by Gasteiger charge is -2.27. The van der Waals surface area contributed by atoms with Crippen LogP contribution in [0.3, 0.4) is 0 Å².